The van der Waals surface area contributed by atoms with Crippen molar-refractivity contribution in [3.8, 4) is 11.1 Å². The molecule has 0 bridgehead atoms. The van der Waals surface area contributed by atoms with Crippen LogP contribution in [0.4, 0.5) is 11.5 Å². The largest absolute Gasteiger partial charge is 0.383 e. The van der Waals surface area contributed by atoms with Crippen LogP contribution in [0, 0.1) is 5.92 Å². The first-order valence-corrected chi connectivity index (χ1v) is 11.4. The second-order valence-electron chi connectivity index (χ2n) is 7.56. The Kier molecular flexibility index (Phi) is 5.94. The monoisotopic (exact) mass is 443 g/mol. The van der Waals surface area contributed by atoms with Gasteiger partial charge in [0.2, 0.25) is 5.91 Å². The fourth-order valence-electron chi connectivity index (χ4n) is 3.20. The van der Waals surface area contributed by atoms with E-state index in [0.29, 0.717) is 23.8 Å². The van der Waals surface area contributed by atoms with Crippen molar-refractivity contribution in [2.24, 2.45) is 5.92 Å². The summed E-state index contributed by atoms with van der Waals surface area (Å²) < 4.78 is 33.5. The van der Waals surface area contributed by atoms with Crippen LogP contribution in [0.2, 0.25) is 0 Å². The number of carbonyl (C=O) groups excluding carboxylic acids is 1. The van der Waals surface area contributed by atoms with Crippen LogP contribution < -0.4 is 10.0 Å². The molecule has 1 aliphatic carbocycles. The zero-order valence-corrected chi connectivity index (χ0v) is 18.2. The molecule has 2 heterocycles. The van der Waals surface area contributed by atoms with Gasteiger partial charge in [-0.05, 0) is 48.2 Å². The maximum absolute atomic E-state index is 12.4. The number of hydrogen-bond acceptors (Lipinski definition) is 5. The lowest BCUT2D eigenvalue weighted by atomic mass is 10.0. The molecular formula is C21H25N5O4S. The first-order chi connectivity index (χ1) is 14.9. The predicted octanol–water partition coefficient (Wildman–Crippen LogP) is 2.81. The molecule has 4 rings (SSSR count). The van der Waals surface area contributed by atoms with E-state index in [1.807, 2.05) is 24.3 Å². The van der Waals surface area contributed by atoms with Gasteiger partial charge in [-0.15, -0.1) is 0 Å². The van der Waals surface area contributed by atoms with Gasteiger partial charge in [0.25, 0.3) is 0 Å². The maximum Gasteiger partial charge on any atom is 0.301 e. The van der Waals surface area contributed by atoms with Gasteiger partial charge in [-0.3, -0.25) is 9.52 Å². The summed E-state index contributed by atoms with van der Waals surface area (Å²) in [5.41, 5.74) is 2.90. The van der Waals surface area contributed by atoms with Gasteiger partial charge in [0.05, 0.1) is 6.61 Å². The fraction of sp³-hybridized carbons (Fsp3) is 0.333. The van der Waals surface area contributed by atoms with E-state index in [1.54, 1.807) is 18.3 Å². The molecule has 3 aromatic rings. The summed E-state index contributed by atoms with van der Waals surface area (Å²) in [7, 11) is -0.654. The van der Waals surface area contributed by atoms with E-state index in [-0.39, 0.29) is 18.4 Å². The molecule has 1 fully saturated rings. The van der Waals surface area contributed by atoms with E-state index >= 15 is 0 Å². The Balaban J connectivity index is 1.57. The standard InChI is InChI=1S/C21H25N5O4S/c1-26(11-12-30-2)31(28,29)25-16-7-5-14(6-8-16)18-13-19(24-21(27)15-3-4-15)23-20-17(18)9-10-22-20/h5-10,13,15,25H,3-4,11-12H2,1-2H3,(H2,22,23,24,27). The van der Waals surface area contributed by atoms with Crippen molar-refractivity contribution in [2.45, 2.75) is 12.8 Å². The highest BCUT2D eigenvalue weighted by Crippen LogP contribution is 2.33. The maximum atomic E-state index is 12.4. The minimum atomic E-state index is -3.67. The Morgan fingerprint density at radius 1 is 1.26 bits per heavy atom. The van der Waals surface area contributed by atoms with Gasteiger partial charge >= 0.3 is 10.2 Å². The number of carbonyl (C=O) groups is 1. The molecule has 0 radical (unpaired) electrons. The van der Waals surface area contributed by atoms with Crippen molar-refractivity contribution in [1.29, 1.82) is 0 Å². The second kappa shape index (κ2) is 8.66. The van der Waals surface area contributed by atoms with Gasteiger partial charge in [-0.2, -0.15) is 12.7 Å². The van der Waals surface area contributed by atoms with Crippen molar-refractivity contribution >= 4 is 38.7 Å². The SMILES string of the molecule is COCCN(C)S(=O)(=O)Nc1ccc(-c2cc(NC(=O)C3CC3)nc3[nH]ccc23)cc1. The number of aromatic amines is 1. The average Bonchev–Trinajstić information content (AvgIpc) is 3.50. The van der Waals surface area contributed by atoms with Gasteiger partial charge < -0.3 is 15.0 Å². The van der Waals surface area contributed by atoms with E-state index in [2.05, 4.69) is 20.0 Å². The first-order valence-electron chi connectivity index (χ1n) is 10.00. The molecule has 1 amide bonds. The molecule has 0 atom stereocenters. The van der Waals surface area contributed by atoms with Crippen molar-refractivity contribution in [3.63, 3.8) is 0 Å². The second-order valence-corrected chi connectivity index (χ2v) is 9.33. The summed E-state index contributed by atoms with van der Waals surface area (Å²) >= 11 is 0. The zero-order valence-electron chi connectivity index (χ0n) is 17.4. The van der Waals surface area contributed by atoms with Gasteiger partial charge in [0.15, 0.2) is 0 Å². The molecule has 0 aliphatic heterocycles. The van der Waals surface area contributed by atoms with Crippen LogP contribution in [0.5, 0.6) is 0 Å². The summed E-state index contributed by atoms with van der Waals surface area (Å²) in [5.74, 6) is 0.567. The summed E-state index contributed by atoms with van der Waals surface area (Å²) in [6.45, 7) is 0.562. The third-order valence-corrected chi connectivity index (χ3v) is 6.69. The molecule has 1 aromatic carbocycles. The smallest absolute Gasteiger partial charge is 0.301 e. The third-order valence-electron chi connectivity index (χ3n) is 5.19. The highest BCUT2D eigenvalue weighted by Gasteiger charge is 2.30. The van der Waals surface area contributed by atoms with Gasteiger partial charge in [-0.1, -0.05) is 12.1 Å². The molecule has 9 nitrogen and oxygen atoms in total. The molecule has 164 valence electrons. The van der Waals surface area contributed by atoms with Crippen LogP contribution in [-0.4, -0.2) is 55.9 Å². The van der Waals surface area contributed by atoms with E-state index < -0.39 is 10.2 Å². The lowest BCUT2D eigenvalue weighted by molar-refractivity contribution is -0.117. The number of anilines is 2. The van der Waals surface area contributed by atoms with E-state index in [0.717, 1.165) is 29.4 Å². The fourth-order valence-corrected chi connectivity index (χ4v) is 4.10. The Morgan fingerprint density at radius 2 is 2.00 bits per heavy atom. The van der Waals surface area contributed by atoms with Crippen molar-refractivity contribution in [1.82, 2.24) is 14.3 Å². The summed E-state index contributed by atoms with van der Waals surface area (Å²) in [6.07, 6.45) is 3.63. The molecule has 3 N–H and O–H groups in total. The van der Waals surface area contributed by atoms with E-state index in [9.17, 15) is 13.2 Å². The number of fused-ring (bicyclic) bond motifs is 1. The van der Waals surface area contributed by atoms with Crippen LogP contribution in [0.1, 0.15) is 12.8 Å². The number of nitrogens with zero attached hydrogens (tertiary/aromatic N) is 2. The minimum absolute atomic E-state index is 0.00768. The summed E-state index contributed by atoms with van der Waals surface area (Å²) in [5, 5.41) is 3.80. The lowest BCUT2D eigenvalue weighted by Gasteiger charge is -2.18. The molecular weight excluding hydrogens is 418 g/mol. The van der Waals surface area contributed by atoms with E-state index in [1.165, 1.54) is 18.5 Å². The number of likely N-dealkylation sites (N-methyl/N-ethyl adjacent to an activating group) is 1. The molecule has 1 aliphatic rings. The normalized spacial score (nSPS) is 14.2. The third kappa shape index (κ3) is 4.87. The lowest BCUT2D eigenvalue weighted by Crippen LogP contribution is -2.34. The number of methoxy groups -OCH3 is 1. The van der Waals surface area contributed by atoms with Gasteiger partial charge in [0, 0.05) is 43.9 Å². The predicted molar refractivity (Wildman–Crippen MR) is 120 cm³/mol. The van der Waals surface area contributed by atoms with Crippen LogP contribution in [0.15, 0.2) is 42.6 Å². The summed E-state index contributed by atoms with van der Waals surface area (Å²) in [6, 6.07) is 10.8. The summed E-state index contributed by atoms with van der Waals surface area (Å²) in [4.78, 5) is 19.7. The Morgan fingerprint density at radius 3 is 2.68 bits per heavy atom. The van der Waals surface area contributed by atoms with Gasteiger partial charge in [0.1, 0.15) is 11.5 Å². The number of rotatable bonds is 9. The molecule has 0 spiro atoms. The quantitative estimate of drug-likeness (QED) is 0.470. The highest BCUT2D eigenvalue weighted by atomic mass is 32.2. The average molecular weight is 444 g/mol. The van der Waals surface area contributed by atoms with E-state index in [4.69, 9.17) is 4.74 Å². The zero-order chi connectivity index (χ0) is 22.0. The number of benzene rings is 1. The highest BCUT2D eigenvalue weighted by molar-refractivity contribution is 7.90. The minimum Gasteiger partial charge on any atom is -0.383 e. The first kappa shape index (κ1) is 21.3. The number of aromatic nitrogens is 2. The van der Waals surface area contributed by atoms with Crippen molar-refractivity contribution < 1.29 is 17.9 Å². The Hall–Kier alpha value is -2.95. The van der Waals surface area contributed by atoms with Crippen LogP contribution in [-0.2, 0) is 19.7 Å². The number of hydrogen-bond donors (Lipinski definition) is 3. The van der Waals surface area contributed by atoms with Crippen LogP contribution in [0.3, 0.4) is 0 Å². The Labute approximate surface area is 181 Å². The van der Waals surface area contributed by atoms with Crippen LogP contribution >= 0.6 is 0 Å². The van der Waals surface area contributed by atoms with Crippen LogP contribution in [0.25, 0.3) is 22.2 Å². The molecule has 31 heavy (non-hydrogen) atoms. The van der Waals surface area contributed by atoms with Gasteiger partial charge in [-0.25, -0.2) is 4.98 Å². The number of amides is 1. The van der Waals surface area contributed by atoms with Crippen molar-refractivity contribution in [2.75, 3.05) is 37.3 Å². The number of H-pyrrole nitrogens is 1. The number of nitrogens with one attached hydrogen (secondary N) is 3. The Bertz CT molecular complexity index is 1190. The number of ether oxygens (including phenoxy) is 1. The van der Waals surface area contributed by atoms with Crippen molar-refractivity contribution in [3.05, 3.63) is 42.6 Å². The molecule has 10 heteroatoms. The number of pyridine rings is 1. The molecule has 0 saturated heterocycles. The topological polar surface area (TPSA) is 116 Å². The molecule has 2 aromatic heterocycles. The molecule has 0 unspecified atom stereocenters. The molecule has 1 saturated carbocycles.